The van der Waals surface area contributed by atoms with Crippen LogP contribution in [0.15, 0.2) is 12.1 Å². The smallest absolute Gasteiger partial charge is 0.388 e. The van der Waals surface area contributed by atoms with Crippen LogP contribution in [-0.4, -0.2) is 28.8 Å². The average Bonchev–Trinajstić information content (AvgIpc) is 2.39. The number of aromatic nitrogens is 1. The van der Waals surface area contributed by atoms with Crippen LogP contribution in [0.4, 0.5) is 24.8 Å². The van der Waals surface area contributed by atoms with Gasteiger partial charge < -0.3 is 15.7 Å². The summed E-state index contributed by atoms with van der Waals surface area (Å²) in [6.07, 6.45) is -1.35. The van der Waals surface area contributed by atoms with Crippen LogP contribution >= 0.6 is 0 Å². The van der Waals surface area contributed by atoms with Crippen molar-refractivity contribution in [2.45, 2.75) is 44.4 Å². The van der Waals surface area contributed by atoms with Gasteiger partial charge in [-0.25, -0.2) is 4.98 Å². The number of hydrogen-bond acceptors (Lipinski definition) is 4. The zero-order valence-electron chi connectivity index (χ0n) is 11.9. The molecule has 1 fully saturated rings. The molecule has 0 spiro atoms. The highest BCUT2D eigenvalue weighted by Gasteiger charge is 2.35. The zero-order chi connectivity index (χ0) is 15.5. The van der Waals surface area contributed by atoms with Crippen LogP contribution in [0.1, 0.15) is 38.2 Å². The van der Waals surface area contributed by atoms with Crippen LogP contribution in [0.3, 0.4) is 0 Å². The van der Waals surface area contributed by atoms with Crippen molar-refractivity contribution in [1.29, 1.82) is 0 Å². The van der Waals surface area contributed by atoms with Gasteiger partial charge in [0.1, 0.15) is 11.6 Å². The van der Waals surface area contributed by atoms with E-state index in [0.717, 1.165) is 25.0 Å². The number of aliphatic hydroxyl groups is 1. The molecule has 0 saturated heterocycles. The van der Waals surface area contributed by atoms with Gasteiger partial charge in [0.15, 0.2) is 0 Å². The van der Waals surface area contributed by atoms with Gasteiger partial charge in [0.25, 0.3) is 0 Å². The molecule has 3 N–H and O–H groups in total. The van der Waals surface area contributed by atoms with E-state index < -0.39 is 17.3 Å². The van der Waals surface area contributed by atoms with Crippen molar-refractivity contribution < 1.29 is 18.3 Å². The Morgan fingerprint density at radius 3 is 2.33 bits per heavy atom. The van der Waals surface area contributed by atoms with E-state index in [1.54, 1.807) is 0 Å². The molecule has 0 aromatic carbocycles. The molecule has 7 heteroatoms. The molecule has 0 bridgehead atoms. The van der Waals surface area contributed by atoms with E-state index in [0.29, 0.717) is 19.4 Å². The Hall–Kier alpha value is -1.50. The fraction of sp³-hybridized carbons (Fsp3) is 0.643. The summed E-state index contributed by atoms with van der Waals surface area (Å²) >= 11 is 0. The molecule has 1 heterocycles. The monoisotopic (exact) mass is 303 g/mol. The van der Waals surface area contributed by atoms with Gasteiger partial charge in [-0.3, -0.25) is 0 Å². The largest absolute Gasteiger partial charge is 0.416 e. The van der Waals surface area contributed by atoms with Crippen LogP contribution in [0, 0.1) is 0 Å². The highest BCUT2D eigenvalue weighted by Crippen LogP contribution is 2.34. The quantitative estimate of drug-likeness (QED) is 0.755. The third-order valence-electron chi connectivity index (χ3n) is 3.59. The van der Waals surface area contributed by atoms with Crippen LogP contribution in [0.25, 0.3) is 0 Å². The topological polar surface area (TPSA) is 57.2 Å². The van der Waals surface area contributed by atoms with E-state index in [1.165, 1.54) is 0 Å². The highest BCUT2D eigenvalue weighted by atomic mass is 19.4. The first-order valence-electron chi connectivity index (χ1n) is 7.12. The second kappa shape index (κ2) is 6.09. The minimum Gasteiger partial charge on any atom is -0.388 e. The number of rotatable bonds is 6. The Morgan fingerprint density at radius 1 is 1.24 bits per heavy atom. The molecule has 1 aliphatic carbocycles. The van der Waals surface area contributed by atoms with Crippen LogP contribution in [0.2, 0.25) is 0 Å². The molecule has 118 valence electrons. The first-order valence-corrected chi connectivity index (χ1v) is 7.12. The zero-order valence-corrected chi connectivity index (χ0v) is 11.9. The van der Waals surface area contributed by atoms with Crippen molar-refractivity contribution in [3.05, 3.63) is 17.7 Å². The van der Waals surface area contributed by atoms with Gasteiger partial charge in [0.05, 0.1) is 11.2 Å². The summed E-state index contributed by atoms with van der Waals surface area (Å²) in [4.78, 5) is 4.11. The number of halogens is 3. The van der Waals surface area contributed by atoms with E-state index in [-0.39, 0.29) is 18.2 Å². The summed E-state index contributed by atoms with van der Waals surface area (Å²) in [5, 5.41) is 15.7. The molecular weight excluding hydrogens is 283 g/mol. The minimum absolute atomic E-state index is 0.128. The van der Waals surface area contributed by atoms with Gasteiger partial charge in [-0.2, -0.15) is 13.2 Å². The van der Waals surface area contributed by atoms with Gasteiger partial charge >= 0.3 is 6.18 Å². The molecule has 4 nitrogen and oxygen atoms in total. The van der Waals surface area contributed by atoms with Gasteiger partial charge in [-0.05, 0) is 37.8 Å². The molecule has 0 radical (unpaired) electrons. The molecule has 1 aromatic rings. The fourth-order valence-corrected chi connectivity index (χ4v) is 2.15. The van der Waals surface area contributed by atoms with Crippen LogP contribution in [-0.2, 0) is 6.18 Å². The molecule has 0 amide bonds. The third kappa shape index (κ3) is 4.23. The number of nitrogens with zero attached hydrogens (tertiary/aromatic N) is 1. The van der Waals surface area contributed by atoms with E-state index in [4.69, 9.17) is 0 Å². The summed E-state index contributed by atoms with van der Waals surface area (Å²) in [5.74, 6) is 0.318. The Kier molecular flexibility index (Phi) is 4.61. The first-order chi connectivity index (χ1) is 9.82. The fourth-order valence-electron chi connectivity index (χ4n) is 2.15. The molecule has 0 atom stereocenters. The van der Waals surface area contributed by atoms with Gasteiger partial charge in [-0.15, -0.1) is 0 Å². The number of anilines is 2. The standard InChI is InChI=1S/C14H20F3N3O/c1-2-6-18-11-7-10(14(15,16)17)8-12(20-11)19-9-13(21)4-3-5-13/h7-8,21H,2-6,9H2,1H3,(H2,18,19,20). The Morgan fingerprint density at radius 2 is 1.86 bits per heavy atom. The Balaban J connectivity index is 2.14. The summed E-state index contributed by atoms with van der Waals surface area (Å²) in [6, 6.07) is 1.97. The van der Waals surface area contributed by atoms with E-state index >= 15 is 0 Å². The van der Waals surface area contributed by atoms with Crippen molar-refractivity contribution in [1.82, 2.24) is 4.98 Å². The molecular formula is C14H20F3N3O. The number of pyridine rings is 1. The van der Waals surface area contributed by atoms with Gasteiger partial charge in [-0.1, -0.05) is 6.92 Å². The Labute approximate surface area is 121 Å². The summed E-state index contributed by atoms with van der Waals surface area (Å²) in [7, 11) is 0. The summed E-state index contributed by atoms with van der Waals surface area (Å²) in [6.45, 7) is 2.69. The van der Waals surface area contributed by atoms with Crippen molar-refractivity contribution >= 4 is 11.6 Å². The molecule has 1 aliphatic rings. The second-order valence-electron chi connectivity index (χ2n) is 5.48. The third-order valence-corrected chi connectivity index (χ3v) is 3.59. The molecule has 1 saturated carbocycles. The lowest BCUT2D eigenvalue weighted by Crippen LogP contribution is -2.43. The second-order valence-corrected chi connectivity index (χ2v) is 5.48. The minimum atomic E-state index is -4.42. The van der Waals surface area contributed by atoms with Crippen molar-refractivity contribution in [3.63, 3.8) is 0 Å². The normalized spacial score (nSPS) is 17.2. The lowest BCUT2D eigenvalue weighted by molar-refractivity contribution is -0.137. The van der Waals surface area contributed by atoms with E-state index in [1.807, 2.05) is 6.92 Å². The molecule has 1 aromatic heterocycles. The summed E-state index contributed by atoms with van der Waals surface area (Å²) in [5.41, 5.74) is -1.56. The number of hydrogen-bond donors (Lipinski definition) is 3. The van der Waals surface area contributed by atoms with E-state index in [9.17, 15) is 18.3 Å². The van der Waals surface area contributed by atoms with Crippen molar-refractivity contribution in [3.8, 4) is 0 Å². The maximum atomic E-state index is 12.9. The molecule has 0 unspecified atom stereocenters. The Bertz CT molecular complexity index is 487. The lowest BCUT2D eigenvalue weighted by Gasteiger charge is -2.36. The predicted molar refractivity (Wildman–Crippen MR) is 75.3 cm³/mol. The van der Waals surface area contributed by atoms with Gasteiger partial charge in [0.2, 0.25) is 0 Å². The molecule has 21 heavy (non-hydrogen) atoms. The lowest BCUT2D eigenvalue weighted by atomic mass is 9.80. The van der Waals surface area contributed by atoms with Crippen LogP contribution < -0.4 is 10.6 Å². The van der Waals surface area contributed by atoms with Crippen molar-refractivity contribution in [2.75, 3.05) is 23.7 Å². The SMILES string of the molecule is CCCNc1cc(C(F)(F)F)cc(NCC2(O)CCC2)n1. The summed E-state index contributed by atoms with van der Waals surface area (Å²) < 4.78 is 38.7. The first kappa shape index (κ1) is 15.9. The van der Waals surface area contributed by atoms with Crippen molar-refractivity contribution in [2.24, 2.45) is 0 Å². The molecule has 0 aliphatic heterocycles. The van der Waals surface area contributed by atoms with E-state index in [2.05, 4.69) is 15.6 Å². The maximum absolute atomic E-state index is 12.9. The maximum Gasteiger partial charge on any atom is 0.416 e. The highest BCUT2D eigenvalue weighted by molar-refractivity contribution is 5.50. The van der Waals surface area contributed by atoms with Gasteiger partial charge in [0, 0.05) is 13.1 Å². The predicted octanol–water partition coefficient (Wildman–Crippen LogP) is 3.25. The number of alkyl halides is 3. The van der Waals surface area contributed by atoms with Crippen LogP contribution in [0.5, 0.6) is 0 Å². The average molecular weight is 303 g/mol. The number of nitrogens with one attached hydrogen (secondary N) is 2. The molecule has 2 rings (SSSR count).